The number of piperazine rings is 1. The van der Waals surface area contributed by atoms with Crippen LogP contribution in [0.2, 0.25) is 0 Å². The molecule has 1 saturated heterocycles. The van der Waals surface area contributed by atoms with Crippen molar-refractivity contribution in [2.24, 2.45) is 0 Å². The average Bonchev–Trinajstić information content (AvgIpc) is 3.33. The summed E-state index contributed by atoms with van der Waals surface area (Å²) in [7, 11) is 0. The van der Waals surface area contributed by atoms with E-state index in [1.807, 2.05) is 35.7 Å². The number of hydrogen-bond acceptors (Lipinski definition) is 6. The van der Waals surface area contributed by atoms with E-state index in [2.05, 4.69) is 49.4 Å². The summed E-state index contributed by atoms with van der Waals surface area (Å²) < 4.78 is 1.88. The molecule has 3 aromatic heterocycles. The second-order valence-electron chi connectivity index (χ2n) is 7.33. The molecule has 7 nitrogen and oxygen atoms in total. The molecule has 1 fully saturated rings. The number of fused-ring (bicyclic) bond motifs is 1. The SMILES string of the molecule is Cc1cn2cc(C(=O)Nc3ccc(N4CCN(c5ccccc5)CC4)nc3)nc2s1. The zero-order chi connectivity index (χ0) is 20.5. The molecule has 0 spiro atoms. The van der Waals surface area contributed by atoms with Crippen LogP contribution >= 0.6 is 11.3 Å². The molecule has 0 unspecified atom stereocenters. The normalized spacial score (nSPS) is 14.3. The van der Waals surface area contributed by atoms with Gasteiger partial charge >= 0.3 is 0 Å². The Kier molecular flexibility index (Phi) is 4.84. The minimum atomic E-state index is -0.227. The van der Waals surface area contributed by atoms with Gasteiger partial charge in [-0.05, 0) is 31.2 Å². The number of thiazole rings is 1. The maximum absolute atomic E-state index is 12.5. The second kappa shape index (κ2) is 7.79. The molecule has 0 atom stereocenters. The zero-order valence-electron chi connectivity index (χ0n) is 16.7. The summed E-state index contributed by atoms with van der Waals surface area (Å²) in [5.41, 5.74) is 2.33. The zero-order valence-corrected chi connectivity index (χ0v) is 17.5. The van der Waals surface area contributed by atoms with Gasteiger partial charge in [0.2, 0.25) is 0 Å². The minimum absolute atomic E-state index is 0.227. The first kappa shape index (κ1) is 18.6. The Morgan fingerprint density at radius 3 is 2.47 bits per heavy atom. The highest BCUT2D eigenvalue weighted by Gasteiger charge is 2.18. The number of aryl methyl sites for hydroxylation is 1. The Morgan fingerprint density at radius 1 is 1.00 bits per heavy atom. The number of amides is 1. The van der Waals surface area contributed by atoms with E-state index in [9.17, 15) is 4.79 Å². The molecule has 0 saturated carbocycles. The van der Waals surface area contributed by atoms with Crippen LogP contribution in [0.4, 0.5) is 17.2 Å². The van der Waals surface area contributed by atoms with E-state index in [4.69, 9.17) is 0 Å². The van der Waals surface area contributed by atoms with Crippen molar-refractivity contribution in [3.05, 3.63) is 71.6 Å². The van der Waals surface area contributed by atoms with Gasteiger partial charge in [-0.2, -0.15) is 0 Å². The lowest BCUT2D eigenvalue weighted by Crippen LogP contribution is -2.46. The Bertz CT molecular complexity index is 1130. The molecular formula is C22H22N6OS. The predicted molar refractivity (Wildman–Crippen MR) is 121 cm³/mol. The third kappa shape index (κ3) is 3.73. The van der Waals surface area contributed by atoms with Gasteiger partial charge in [-0.25, -0.2) is 9.97 Å². The van der Waals surface area contributed by atoms with Crippen molar-refractivity contribution in [2.45, 2.75) is 6.92 Å². The van der Waals surface area contributed by atoms with Crippen LogP contribution in [-0.2, 0) is 0 Å². The second-order valence-corrected chi connectivity index (χ2v) is 8.54. The van der Waals surface area contributed by atoms with E-state index >= 15 is 0 Å². The Morgan fingerprint density at radius 2 is 1.77 bits per heavy atom. The Hall–Kier alpha value is -3.39. The lowest BCUT2D eigenvalue weighted by Gasteiger charge is -2.36. The van der Waals surface area contributed by atoms with E-state index in [0.29, 0.717) is 11.4 Å². The molecule has 4 heterocycles. The molecule has 152 valence electrons. The van der Waals surface area contributed by atoms with Crippen molar-refractivity contribution in [1.82, 2.24) is 14.4 Å². The molecular weight excluding hydrogens is 396 g/mol. The summed E-state index contributed by atoms with van der Waals surface area (Å²) in [6.45, 7) is 5.77. The van der Waals surface area contributed by atoms with E-state index in [-0.39, 0.29) is 5.91 Å². The fourth-order valence-corrected chi connectivity index (χ4v) is 4.50. The molecule has 30 heavy (non-hydrogen) atoms. The number of carbonyl (C=O) groups is 1. The number of para-hydroxylation sites is 1. The monoisotopic (exact) mass is 418 g/mol. The maximum atomic E-state index is 12.5. The lowest BCUT2D eigenvalue weighted by molar-refractivity contribution is 0.102. The van der Waals surface area contributed by atoms with Crippen LogP contribution in [-0.4, -0.2) is 46.5 Å². The fraction of sp³-hybridized carbons (Fsp3) is 0.227. The smallest absolute Gasteiger partial charge is 0.275 e. The molecule has 1 aromatic carbocycles. The summed E-state index contributed by atoms with van der Waals surface area (Å²) in [5.74, 6) is 0.702. The number of carbonyl (C=O) groups excluding carboxylic acids is 1. The summed E-state index contributed by atoms with van der Waals surface area (Å²) in [6.07, 6.45) is 5.43. The number of nitrogens with zero attached hydrogens (tertiary/aromatic N) is 5. The number of hydrogen-bond donors (Lipinski definition) is 1. The molecule has 0 bridgehead atoms. The standard InChI is InChI=1S/C22H22N6OS/c1-16-14-28-15-19(25-22(28)30-16)21(29)24-17-7-8-20(23-13-17)27-11-9-26(10-12-27)18-5-3-2-4-6-18/h2-8,13-15H,9-12H2,1H3,(H,24,29). The number of imidazole rings is 1. The number of aromatic nitrogens is 3. The van der Waals surface area contributed by atoms with Crippen molar-refractivity contribution in [3.8, 4) is 0 Å². The number of anilines is 3. The fourth-order valence-electron chi connectivity index (χ4n) is 3.69. The van der Waals surface area contributed by atoms with Crippen LogP contribution in [0.3, 0.4) is 0 Å². The van der Waals surface area contributed by atoms with Gasteiger partial charge in [-0.15, -0.1) is 11.3 Å². The first-order valence-electron chi connectivity index (χ1n) is 9.93. The van der Waals surface area contributed by atoms with Crippen LogP contribution in [0, 0.1) is 6.92 Å². The summed E-state index contributed by atoms with van der Waals surface area (Å²) in [4.78, 5) is 28.1. The lowest BCUT2D eigenvalue weighted by atomic mass is 10.2. The van der Waals surface area contributed by atoms with E-state index in [0.717, 1.165) is 41.8 Å². The van der Waals surface area contributed by atoms with E-state index in [1.165, 1.54) is 5.69 Å². The molecule has 1 aliphatic heterocycles. The van der Waals surface area contributed by atoms with Crippen LogP contribution in [0.1, 0.15) is 15.4 Å². The summed E-state index contributed by atoms with van der Waals surface area (Å²) in [5, 5.41) is 2.88. The largest absolute Gasteiger partial charge is 0.368 e. The van der Waals surface area contributed by atoms with Gasteiger partial charge in [-0.3, -0.25) is 9.20 Å². The van der Waals surface area contributed by atoms with E-state index in [1.54, 1.807) is 23.7 Å². The van der Waals surface area contributed by atoms with Gasteiger partial charge < -0.3 is 15.1 Å². The van der Waals surface area contributed by atoms with E-state index < -0.39 is 0 Å². The van der Waals surface area contributed by atoms with Gasteiger partial charge in [0.15, 0.2) is 4.96 Å². The average molecular weight is 419 g/mol. The van der Waals surface area contributed by atoms with Crippen LogP contribution in [0.5, 0.6) is 0 Å². The highest BCUT2D eigenvalue weighted by atomic mass is 32.1. The Labute approximate surface area is 178 Å². The molecule has 1 N–H and O–H groups in total. The maximum Gasteiger partial charge on any atom is 0.275 e. The van der Waals surface area contributed by atoms with Crippen molar-refractivity contribution in [3.63, 3.8) is 0 Å². The van der Waals surface area contributed by atoms with Crippen molar-refractivity contribution in [2.75, 3.05) is 41.3 Å². The number of nitrogens with one attached hydrogen (secondary N) is 1. The summed E-state index contributed by atoms with van der Waals surface area (Å²) >= 11 is 1.56. The topological polar surface area (TPSA) is 65.8 Å². The minimum Gasteiger partial charge on any atom is -0.368 e. The quantitative estimate of drug-likeness (QED) is 0.548. The molecule has 1 amide bonds. The van der Waals surface area contributed by atoms with Crippen molar-refractivity contribution < 1.29 is 4.79 Å². The highest BCUT2D eigenvalue weighted by molar-refractivity contribution is 7.17. The van der Waals surface area contributed by atoms with Crippen LogP contribution in [0.15, 0.2) is 61.1 Å². The van der Waals surface area contributed by atoms with Gasteiger partial charge in [0, 0.05) is 49.1 Å². The first-order chi connectivity index (χ1) is 14.7. The molecule has 5 rings (SSSR count). The summed E-state index contributed by atoms with van der Waals surface area (Å²) in [6, 6.07) is 14.3. The molecule has 4 aromatic rings. The first-order valence-corrected chi connectivity index (χ1v) is 10.7. The molecule has 1 aliphatic rings. The molecule has 0 radical (unpaired) electrons. The van der Waals surface area contributed by atoms with Gasteiger partial charge in [0.25, 0.3) is 5.91 Å². The van der Waals surface area contributed by atoms with Crippen LogP contribution in [0.25, 0.3) is 4.96 Å². The number of rotatable bonds is 4. The highest BCUT2D eigenvalue weighted by Crippen LogP contribution is 2.21. The third-order valence-electron chi connectivity index (χ3n) is 5.23. The van der Waals surface area contributed by atoms with Gasteiger partial charge in [0.1, 0.15) is 11.5 Å². The molecule has 8 heteroatoms. The number of pyridine rings is 1. The predicted octanol–water partition coefficient (Wildman–Crippen LogP) is 3.68. The Balaban J connectivity index is 1.20. The van der Waals surface area contributed by atoms with Gasteiger partial charge in [-0.1, -0.05) is 18.2 Å². The third-order valence-corrected chi connectivity index (χ3v) is 6.15. The van der Waals surface area contributed by atoms with Gasteiger partial charge in [0.05, 0.1) is 11.9 Å². The number of benzene rings is 1. The van der Waals surface area contributed by atoms with Crippen LogP contribution < -0.4 is 15.1 Å². The molecule has 0 aliphatic carbocycles. The van der Waals surface area contributed by atoms with Crippen molar-refractivity contribution in [1.29, 1.82) is 0 Å². The van der Waals surface area contributed by atoms with Crippen molar-refractivity contribution >= 4 is 39.4 Å².